The van der Waals surface area contributed by atoms with Crippen LogP contribution in [-0.2, 0) is 16.0 Å². The Hall–Kier alpha value is -1.39. The van der Waals surface area contributed by atoms with Crippen LogP contribution in [0, 0.1) is 0 Å². The number of nitrogens with zero attached hydrogens (tertiary/aromatic N) is 1. The van der Waals surface area contributed by atoms with Gasteiger partial charge in [0.15, 0.2) is 0 Å². The minimum absolute atomic E-state index is 0.00950. The van der Waals surface area contributed by atoms with Crippen LogP contribution in [0.2, 0.25) is 0 Å². The molecule has 4 heteroatoms. The molecule has 1 atom stereocenters. The first-order chi connectivity index (χ1) is 9.26. The molecule has 1 aliphatic rings. The molecule has 19 heavy (non-hydrogen) atoms. The number of carbonyl (C=O) groups is 1. The lowest BCUT2D eigenvalue weighted by molar-refractivity contribution is -0.128. The van der Waals surface area contributed by atoms with Crippen molar-refractivity contribution in [1.29, 1.82) is 0 Å². The minimum atomic E-state index is 0.00950. The third-order valence-corrected chi connectivity index (χ3v) is 3.53. The quantitative estimate of drug-likeness (QED) is 0.794. The van der Waals surface area contributed by atoms with Gasteiger partial charge in [-0.2, -0.15) is 0 Å². The van der Waals surface area contributed by atoms with Gasteiger partial charge in [-0.25, -0.2) is 0 Å². The van der Waals surface area contributed by atoms with Crippen LogP contribution < -0.4 is 5.32 Å². The Bertz CT molecular complexity index is 417. The van der Waals surface area contributed by atoms with E-state index < -0.39 is 0 Å². The molecular weight excluding hydrogens is 240 g/mol. The summed E-state index contributed by atoms with van der Waals surface area (Å²) in [5.41, 5.74) is 2.47. The lowest BCUT2D eigenvalue weighted by Gasteiger charge is -2.24. The van der Waals surface area contributed by atoms with Gasteiger partial charge in [0.05, 0.1) is 6.54 Å². The molecule has 1 heterocycles. The molecule has 0 saturated carbocycles. The summed E-state index contributed by atoms with van der Waals surface area (Å²) in [5, 5.41) is 3.27. The molecule has 0 bridgehead atoms. The van der Waals surface area contributed by atoms with E-state index in [0.717, 1.165) is 24.9 Å². The maximum Gasteiger partial charge on any atom is 0.238 e. The van der Waals surface area contributed by atoms with Crippen molar-refractivity contribution < 1.29 is 9.53 Å². The van der Waals surface area contributed by atoms with Crippen molar-refractivity contribution in [2.24, 2.45) is 0 Å². The smallest absolute Gasteiger partial charge is 0.238 e. The van der Waals surface area contributed by atoms with Crippen molar-refractivity contribution in [3.63, 3.8) is 0 Å². The Labute approximate surface area is 114 Å². The van der Waals surface area contributed by atoms with E-state index in [4.69, 9.17) is 4.74 Å². The molecule has 2 rings (SSSR count). The predicted molar refractivity (Wildman–Crippen MR) is 74.8 cm³/mol. The van der Waals surface area contributed by atoms with E-state index in [2.05, 4.69) is 36.5 Å². The Kier molecular flexibility index (Phi) is 4.93. The van der Waals surface area contributed by atoms with Gasteiger partial charge in [0.25, 0.3) is 0 Å². The van der Waals surface area contributed by atoms with Crippen LogP contribution in [0.25, 0.3) is 0 Å². The van der Waals surface area contributed by atoms with Gasteiger partial charge in [-0.05, 0) is 24.0 Å². The monoisotopic (exact) mass is 262 g/mol. The van der Waals surface area contributed by atoms with E-state index in [-0.39, 0.29) is 12.1 Å². The van der Waals surface area contributed by atoms with Crippen LogP contribution in [0.3, 0.4) is 0 Å². The fraction of sp³-hybridized carbons (Fsp3) is 0.533. The summed E-state index contributed by atoms with van der Waals surface area (Å²) in [6, 6.07) is 8.48. The molecule has 1 aromatic carbocycles. The van der Waals surface area contributed by atoms with Gasteiger partial charge in [-0.15, -0.1) is 0 Å². The van der Waals surface area contributed by atoms with Crippen molar-refractivity contribution in [1.82, 2.24) is 10.2 Å². The number of hydrogen-bond donors (Lipinski definition) is 1. The van der Waals surface area contributed by atoms with Gasteiger partial charge in [-0.3, -0.25) is 10.1 Å². The van der Waals surface area contributed by atoms with E-state index in [0.29, 0.717) is 13.2 Å². The van der Waals surface area contributed by atoms with Crippen LogP contribution in [0.4, 0.5) is 0 Å². The number of methoxy groups -OCH3 is 1. The zero-order valence-corrected chi connectivity index (χ0v) is 11.7. The number of rotatable bonds is 6. The summed E-state index contributed by atoms with van der Waals surface area (Å²) in [5.74, 6) is 0.167. The average Bonchev–Trinajstić information content (AvgIpc) is 2.81. The number of carbonyl (C=O) groups excluding carboxylic acids is 1. The topological polar surface area (TPSA) is 41.6 Å². The maximum atomic E-state index is 11.9. The van der Waals surface area contributed by atoms with E-state index in [1.165, 1.54) is 5.56 Å². The lowest BCUT2D eigenvalue weighted by Crippen LogP contribution is -2.31. The van der Waals surface area contributed by atoms with Crippen molar-refractivity contribution in [3.05, 3.63) is 35.4 Å². The first-order valence-electron chi connectivity index (χ1n) is 6.87. The third kappa shape index (κ3) is 3.33. The molecule has 104 valence electrons. The summed E-state index contributed by atoms with van der Waals surface area (Å²) in [6.45, 7) is 3.99. The van der Waals surface area contributed by atoms with Crippen molar-refractivity contribution in [3.8, 4) is 0 Å². The third-order valence-electron chi connectivity index (χ3n) is 3.53. The Morgan fingerprint density at radius 2 is 2.11 bits per heavy atom. The molecule has 4 nitrogen and oxygen atoms in total. The normalized spacial score (nSPS) is 19.2. The van der Waals surface area contributed by atoms with Crippen LogP contribution in [0.15, 0.2) is 24.3 Å². The maximum absolute atomic E-state index is 11.9. The van der Waals surface area contributed by atoms with Crippen molar-refractivity contribution in [2.45, 2.75) is 25.9 Å². The fourth-order valence-electron chi connectivity index (χ4n) is 2.41. The van der Waals surface area contributed by atoms with Gasteiger partial charge in [0, 0.05) is 20.3 Å². The SMILES string of the molecule is CCc1ccc(C2NCC(=O)N2CCCOC)cc1. The number of benzene rings is 1. The minimum Gasteiger partial charge on any atom is -0.385 e. The van der Waals surface area contributed by atoms with Gasteiger partial charge < -0.3 is 9.64 Å². The lowest BCUT2D eigenvalue weighted by atomic mass is 10.1. The highest BCUT2D eigenvalue weighted by Gasteiger charge is 2.30. The van der Waals surface area contributed by atoms with Crippen LogP contribution >= 0.6 is 0 Å². The van der Waals surface area contributed by atoms with Crippen LogP contribution in [0.5, 0.6) is 0 Å². The van der Waals surface area contributed by atoms with Gasteiger partial charge >= 0.3 is 0 Å². The molecule has 1 saturated heterocycles. The first-order valence-corrected chi connectivity index (χ1v) is 6.87. The Morgan fingerprint density at radius 3 is 2.74 bits per heavy atom. The standard InChI is InChI=1S/C15H22N2O2/c1-3-12-5-7-13(8-6-12)15-16-11-14(18)17(15)9-4-10-19-2/h5-8,15-16H,3-4,9-11H2,1-2H3. The number of hydrogen-bond acceptors (Lipinski definition) is 3. The number of ether oxygens (including phenoxy) is 1. The molecule has 1 fully saturated rings. The first kappa shape index (κ1) is 14.0. The zero-order chi connectivity index (χ0) is 13.7. The van der Waals surface area contributed by atoms with Gasteiger partial charge in [0.1, 0.15) is 6.17 Å². The van der Waals surface area contributed by atoms with Crippen LogP contribution in [-0.4, -0.2) is 37.6 Å². The largest absolute Gasteiger partial charge is 0.385 e. The van der Waals surface area contributed by atoms with Crippen molar-refractivity contribution in [2.75, 3.05) is 26.8 Å². The zero-order valence-electron chi connectivity index (χ0n) is 11.7. The van der Waals surface area contributed by atoms with E-state index in [1.54, 1.807) is 7.11 Å². The van der Waals surface area contributed by atoms with Gasteiger partial charge in [-0.1, -0.05) is 31.2 Å². The second-order valence-electron chi connectivity index (χ2n) is 4.81. The number of aryl methyl sites for hydroxylation is 1. The molecule has 1 N–H and O–H groups in total. The summed E-state index contributed by atoms with van der Waals surface area (Å²) in [4.78, 5) is 13.8. The fourth-order valence-corrected chi connectivity index (χ4v) is 2.41. The summed E-state index contributed by atoms with van der Waals surface area (Å²) < 4.78 is 5.05. The molecule has 1 amide bonds. The predicted octanol–water partition coefficient (Wildman–Crippen LogP) is 1.72. The van der Waals surface area contributed by atoms with Crippen molar-refractivity contribution >= 4 is 5.91 Å². The summed E-state index contributed by atoms with van der Waals surface area (Å²) in [6.07, 6.45) is 1.91. The molecular formula is C15H22N2O2. The van der Waals surface area contributed by atoms with Gasteiger partial charge in [0.2, 0.25) is 5.91 Å². The number of amides is 1. The summed E-state index contributed by atoms with van der Waals surface area (Å²) >= 11 is 0. The average molecular weight is 262 g/mol. The molecule has 0 spiro atoms. The molecule has 0 radical (unpaired) electrons. The second-order valence-corrected chi connectivity index (χ2v) is 4.81. The number of nitrogens with one attached hydrogen (secondary N) is 1. The molecule has 1 unspecified atom stereocenters. The van der Waals surface area contributed by atoms with Crippen LogP contribution in [0.1, 0.15) is 30.6 Å². The highest BCUT2D eigenvalue weighted by Crippen LogP contribution is 2.23. The summed E-state index contributed by atoms with van der Waals surface area (Å²) in [7, 11) is 1.69. The molecule has 0 aromatic heterocycles. The molecule has 0 aliphatic carbocycles. The Balaban J connectivity index is 2.05. The highest BCUT2D eigenvalue weighted by molar-refractivity contribution is 5.80. The Morgan fingerprint density at radius 1 is 1.37 bits per heavy atom. The molecule has 1 aliphatic heterocycles. The van der Waals surface area contributed by atoms with E-state index in [9.17, 15) is 4.79 Å². The van der Waals surface area contributed by atoms with E-state index in [1.807, 2.05) is 4.90 Å². The highest BCUT2D eigenvalue weighted by atomic mass is 16.5. The molecule has 1 aromatic rings. The van der Waals surface area contributed by atoms with E-state index >= 15 is 0 Å². The second kappa shape index (κ2) is 6.68.